The number of nitrogens with one attached hydrogen (secondary N) is 2. The minimum atomic E-state index is -0.317. The number of fused-ring (bicyclic) bond motifs is 1. The summed E-state index contributed by atoms with van der Waals surface area (Å²) in [7, 11) is 3.89. The molecule has 0 aliphatic rings. The van der Waals surface area contributed by atoms with Crippen LogP contribution in [0.2, 0.25) is 0 Å². The molecular formula is C26H26FN5O2. The molecule has 8 heteroatoms. The van der Waals surface area contributed by atoms with Gasteiger partial charge in [0.1, 0.15) is 11.6 Å². The lowest BCUT2D eigenvalue weighted by atomic mass is 10.1. The second-order valence-corrected chi connectivity index (χ2v) is 8.26. The van der Waals surface area contributed by atoms with Crippen LogP contribution in [0.15, 0.2) is 66.7 Å². The van der Waals surface area contributed by atoms with E-state index in [4.69, 9.17) is 0 Å². The Bertz CT molecular complexity index is 1330. The third-order valence-corrected chi connectivity index (χ3v) is 5.42. The number of likely N-dealkylation sites (N-methyl/N-ethyl adjacent to an activating group) is 1. The Hall–Kier alpha value is -4.04. The maximum atomic E-state index is 13.4. The molecule has 0 aliphatic heterocycles. The van der Waals surface area contributed by atoms with Crippen LogP contribution in [0.1, 0.15) is 26.5 Å². The zero-order valence-electron chi connectivity index (χ0n) is 19.3. The van der Waals surface area contributed by atoms with Crippen LogP contribution in [0.4, 0.5) is 10.1 Å². The molecule has 0 spiro atoms. The van der Waals surface area contributed by atoms with E-state index >= 15 is 0 Å². The van der Waals surface area contributed by atoms with E-state index in [9.17, 15) is 14.0 Å². The fourth-order valence-electron chi connectivity index (χ4n) is 3.66. The number of imidazole rings is 1. The van der Waals surface area contributed by atoms with E-state index in [0.717, 1.165) is 29.1 Å². The van der Waals surface area contributed by atoms with Crippen molar-refractivity contribution in [3.8, 4) is 5.69 Å². The van der Waals surface area contributed by atoms with Gasteiger partial charge in [-0.05, 0) is 87.7 Å². The van der Waals surface area contributed by atoms with Crippen LogP contribution in [-0.4, -0.2) is 53.5 Å². The fourth-order valence-corrected chi connectivity index (χ4v) is 3.66. The molecule has 4 rings (SSSR count). The molecule has 2 amide bonds. The number of amides is 2. The first-order chi connectivity index (χ1) is 16.3. The molecule has 0 aliphatic carbocycles. The van der Waals surface area contributed by atoms with E-state index in [0.29, 0.717) is 23.4 Å². The maximum absolute atomic E-state index is 13.4. The smallest absolute Gasteiger partial charge is 0.255 e. The number of aryl methyl sites for hydroxylation is 1. The second kappa shape index (κ2) is 9.84. The molecule has 0 saturated heterocycles. The standard InChI is InChI=1S/C26H26FN5O2/c1-17-29-23-13-6-19(16-24(23)32(17)22-11-7-20(27)8-12-22)26(34)30-21-9-4-18(5-10-21)25(33)28-14-15-31(2)3/h4-13,16H,14-15H2,1-3H3,(H,28,33)(H,30,34). The first-order valence-electron chi connectivity index (χ1n) is 10.9. The fraction of sp³-hybridized carbons (Fsp3) is 0.192. The summed E-state index contributed by atoms with van der Waals surface area (Å²) in [6, 6.07) is 18.2. The van der Waals surface area contributed by atoms with Crippen molar-refractivity contribution >= 4 is 28.5 Å². The molecule has 1 aromatic heterocycles. The van der Waals surface area contributed by atoms with E-state index in [1.165, 1.54) is 12.1 Å². The normalized spacial score (nSPS) is 11.1. The number of hydrogen-bond donors (Lipinski definition) is 2. The van der Waals surface area contributed by atoms with Crippen LogP contribution >= 0.6 is 0 Å². The Morgan fingerprint density at radius 3 is 2.29 bits per heavy atom. The van der Waals surface area contributed by atoms with Crippen molar-refractivity contribution in [1.82, 2.24) is 19.8 Å². The number of carbonyl (C=O) groups is 2. The SMILES string of the molecule is Cc1nc2ccc(C(=O)Nc3ccc(C(=O)NCCN(C)C)cc3)cc2n1-c1ccc(F)cc1. The molecule has 3 aromatic carbocycles. The molecule has 2 N–H and O–H groups in total. The monoisotopic (exact) mass is 459 g/mol. The van der Waals surface area contributed by atoms with Gasteiger partial charge in [0.15, 0.2) is 0 Å². The molecule has 4 aromatic rings. The molecule has 0 bridgehead atoms. The second-order valence-electron chi connectivity index (χ2n) is 8.26. The number of nitrogens with zero attached hydrogens (tertiary/aromatic N) is 3. The van der Waals surface area contributed by atoms with Crippen LogP contribution in [0.3, 0.4) is 0 Å². The first-order valence-corrected chi connectivity index (χ1v) is 10.9. The summed E-state index contributed by atoms with van der Waals surface area (Å²) in [4.78, 5) is 31.7. The molecule has 7 nitrogen and oxygen atoms in total. The Balaban J connectivity index is 1.50. The molecule has 0 unspecified atom stereocenters. The lowest BCUT2D eigenvalue weighted by Crippen LogP contribution is -2.31. The highest BCUT2D eigenvalue weighted by atomic mass is 19.1. The van der Waals surface area contributed by atoms with Gasteiger partial charge in [0.05, 0.1) is 11.0 Å². The van der Waals surface area contributed by atoms with E-state index in [2.05, 4.69) is 15.6 Å². The van der Waals surface area contributed by atoms with Gasteiger partial charge < -0.3 is 15.5 Å². The lowest BCUT2D eigenvalue weighted by Gasteiger charge is -2.11. The van der Waals surface area contributed by atoms with Gasteiger partial charge >= 0.3 is 0 Å². The molecular weight excluding hydrogens is 433 g/mol. The topological polar surface area (TPSA) is 79.3 Å². The first kappa shape index (κ1) is 23.1. The average Bonchev–Trinajstić information content (AvgIpc) is 3.14. The predicted molar refractivity (Wildman–Crippen MR) is 131 cm³/mol. The summed E-state index contributed by atoms with van der Waals surface area (Å²) < 4.78 is 15.3. The van der Waals surface area contributed by atoms with E-state index in [1.54, 1.807) is 54.6 Å². The third-order valence-electron chi connectivity index (χ3n) is 5.42. The van der Waals surface area contributed by atoms with Crippen molar-refractivity contribution in [2.24, 2.45) is 0 Å². The van der Waals surface area contributed by atoms with Crippen LogP contribution in [0.5, 0.6) is 0 Å². The van der Waals surface area contributed by atoms with Gasteiger partial charge in [-0.2, -0.15) is 0 Å². The molecule has 34 heavy (non-hydrogen) atoms. The quantitative estimate of drug-likeness (QED) is 0.438. The third kappa shape index (κ3) is 5.13. The number of benzene rings is 3. The lowest BCUT2D eigenvalue weighted by molar-refractivity contribution is 0.0950. The van der Waals surface area contributed by atoms with Crippen LogP contribution < -0.4 is 10.6 Å². The number of halogens is 1. The summed E-state index contributed by atoms with van der Waals surface area (Å²) in [5.74, 6) is -0.0224. The molecule has 0 radical (unpaired) electrons. The Kier molecular flexibility index (Phi) is 6.70. The van der Waals surface area contributed by atoms with Crippen LogP contribution in [-0.2, 0) is 0 Å². The highest BCUT2D eigenvalue weighted by Gasteiger charge is 2.14. The number of hydrogen-bond acceptors (Lipinski definition) is 4. The zero-order chi connectivity index (χ0) is 24.2. The van der Waals surface area contributed by atoms with Crippen molar-refractivity contribution in [1.29, 1.82) is 0 Å². The maximum Gasteiger partial charge on any atom is 0.255 e. The molecule has 0 saturated carbocycles. The predicted octanol–water partition coefficient (Wildman–Crippen LogP) is 4.02. The molecule has 0 atom stereocenters. The summed E-state index contributed by atoms with van der Waals surface area (Å²) in [6.07, 6.45) is 0. The average molecular weight is 460 g/mol. The van der Waals surface area contributed by atoms with Crippen molar-refractivity contribution in [3.05, 3.63) is 89.5 Å². The summed E-state index contributed by atoms with van der Waals surface area (Å²) in [6.45, 7) is 3.17. The van der Waals surface area contributed by atoms with Crippen molar-refractivity contribution < 1.29 is 14.0 Å². The van der Waals surface area contributed by atoms with Crippen molar-refractivity contribution in [2.75, 3.05) is 32.5 Å². The van der Waals surface area contributed by atoms with Gasteiger partial charge in [-0.25, -0.2) is 9.37 Å². The van der Waals surface area contributed by atoms with Crippen LogP contribution in [0.25, 0.3) is 16.7 Å². The minimum Gasteiger partial charge on any atom is -0.351 e. The summed E-state index contributed by atoms with van der Waals surface area (Å²) in [5, 5.41) is 5.72. The number of anilines is 1. The zero-order valence-corrected chi connectivity index (χ0v) is 19.3. The van der Waals surface area contributed by atoms with E-state index < -0.39 is 0 Å². The highest BCUT2D eigenvalue weighted by molar-refractivity contribution is 6.06. The summed E-state index contributed by atoms with van der Waals surface area (Å²) in [5.41, 5.74) is 3.82. The van der Waals surface area contributed by atoms with Crippen LogP contribution in [0, 0.1) is 12.7 Å². The Morgan fingerprint density at radius 2 is 1.62 bits per heavy atom. The highest BCUT2D eigenvalue weighted by Crippen LogP contribution is 2.23. The molecule has 174 valence electrons. The van der Waals surface area contributed by atoms with Gasteiger partial charge in [0.25, 0.3) is 11.8 Å². The van der Waals surface area contributed by atoms with Gasteiger partial charge in [0.2, 0.25) is 0 Å². The number of aromatic nitrogens is 2. The van der Waals surface area contributed by atoms with E-state index in [-0.39, 0.29) is 17.6 Å². The van der Waals surface area contributed by atoms with Gasteiger partial charge in [-0.15, -0.1) is 0 Å². The van der Waals surface area contributed by atoms with Gasteiger partial charge in [-0.3, -0.25) is 14.2 Å². The van der Waals surface area contributed by atoms with E-state index in [1.807, 2.05) is 30.5 Å². The van der Waals surface area contributed by atoms with Crippen molar-refractivity contribution in [2.45, 2.75) is 6.92 Å². The number of rotatable bonds is 7. The Labute approximate surface area is 197 Å². The molecule has 0 fully saturated rings. The minimum absolute atomic E-state index is 0.158. The molecule has 1 heterocycles. The summed E-state index contributed by atoms with van der Waals surface area (Å²) >= 11 is 0. The van der Waals surface area contributed by atoms with Gasteiger partial charge in [0, 0.05) is 35.6 Å². The van der Waals surface area contributed by atoms with Crippen molar-refractivity contribution in [3.63, 3.8) is 0 Å². The number of carbonyl (C=O) groups excluding carboxylic acids is 2. The van der Waals surface area contributed by atoms with Gasteiger partial charge in [-0.1, -0.05) is 0 Å². The Morgan fingerprint density at radius 1 is 0.941 bits per heavy atom. The largest absolute Gasteiger partial charge is 0.351 e.